The second kappa shape index (κ2) is 8.39. The Balaban J connectivity index is 1.58. The summed E-state index contributed by atoms with van der Waals surface area (Å²) in [7, 11) is 0. The average Bonchev–Trinajstić information content (AvgIpc) is 2.64. The highest BCUT2D eigenvalue weighted by Gasteiger charge is 2.24. The van der Waals surface area contributed by atoms with E-state index in [1.807, 2.05) is 30.0 Å². The van der Waals surface area contributed by atoms with Crippen LogP contribution in [0.1, 0.15) is 44.6 Å². The first-order valence-corrected chi connectivity index (χ1v) is 9.32. The molecular weight excluding hydrogens is 316 g/mol. The molecule has 0 bridgehead atoms. The molecule has 0 spiro atoms. The zero-order valence-corrected chi connectivity index (χ0v) is 14.9. The molecule has 5 heteroatoms. The van der Waals surface area contributed by atoms with Crippen molar-refractivity contribution in [2.24, 2.45) is 0 Å². The molecule has 2 N–H and O–H groups in total. The summed E-state index contributed by atoms with van der Waals surface area (Å²) >= 11 is 0. The summed E-state index contributed by atoms with van der Waals surface area (Å²) in [6.07, 6.45) is 6.06. The number of hydrogen-bond donors (Lipinski definition) is 2. The number of para-hydroxylation sites is 1. The molecule has 2 amide bonds. The zero-order valence-electron chi connectivity index (χ0n) is 14.9. The largest absolute Gasteiger partial charge is 0.493 e. The van der Waals surface area contributed by atoms with Gasteiger partial charge < -0.3 is 20.1 Å². The number of benzene rings is 1. The molecule has 0 aromatic heterocycles. The van der Waals surface area contributed by atoms with Crippen LogP contribution in [0.5, 0.6) is 5.75 Å². The van der Waals surface area contributed by atoms with Gasteiger partial charge in [-0.2, -0.15) is 0 Å². The van der Waals surface area contributed by atoms with Crippen molar-refractivity contribution < 1.29 is 14.6 Å². The van der Waals surface area contributed by atoms with Gasteiger partial charge in [-0.15, -0.1) is 0 Å². The molecule has 5 nitrogen and oxygen atoms in total. The molecule has 1 aromatic rings. The fourth-order valence-electron chi connectivity index (χ4n) is 3.60. The molecule has 0 radical (unpaired) electrons. The summed E-state index contributed by atoms with van der Waals surface area (Å²) in [5, 5.41) is 12.7. The number of carbonyl (C=O) groups excluding carboxylic acids is 1. The van der Waals surface area contributed by atoms with E-state index in [9.17, 15) is 9.90 Å². The maximum Gasteiger partial charge on any atom is 0.317 e. The molecule has 1 saturated carbocycles. The maximum absolute atomic E-state index is 12.5. The van der Waals surface area contributed by atoms with Crippen LogP contribution >= 0.6 is 0 Å². The molecule has 2 aliphatic rings. The molecule has 1 aliphatic carbocycles. The molecule has 0 atom stereocenters. The van der Waals surface area contributed by atoms with E-state index in [4.69, 9.17) is 4.74 Å². The van der Waals surface area contributed by atoms with E-state index < -0.39 is 0 Å². The van der Waals surface area contributed by atoms with Crippen molar-refractivity contribution in [2.75, 3.05) is 19.7 Å². The van der Waals surface area contributed by atoms with Crippen LogP contribution in [0.25, 0.3) is 5.57 Å². The van der Waals surface area contributed by atoms with E-state index >= 15 is 0 Å². The predicted molar refractivity (Wildman–Crippen MR) is 98.6 cm³/mol. The third-order valence-corrected chi connectivity index (χ3v) is 5.05. The molecule has 1 fully saturated rings. The molecule has 1 aliphatic heterocycles. The van der Waals surface area contributed by atoms with Crippen LogP contribution < -0.4 is 10.1 Å². The second-order valence-electron chi connectivity index (χ2n) is 6.81. The summed E-state index contributed by atoms with van der Waals surface area (Å²) in [5.74, 6) is 0.912. The van der Waals surface area contributed by atoms with Crippen molar-refractivity contribution >= 4 is 11.6 Å². The quantitative estimate of drug-likeness (QED) is 0.882. The zero-order chi connectivity index (χ0) is 17.6. The minimum atomic E-state index is -0.195. The first kappa shape index (κ1) is 17.8. The van der Waals surface area contributed by atoms with Crippen molar-refractivity contribution in [3.05, 3.63) is 35.9 Å². The van der Waals surface area contributed by atoms with Gasteiger partial charge in [0.2, 0.25) is 0 Å². The minimum Gasteiger partial charge on any atom is -0.493 e. The number of aliphatic hydroxyl groups excluding tert-OH is 1. The average molecular weight is 344 g/mol. The van der Waals surface area contributed by atoms with Crippen molar-refractivity contribution in [1.82, 2.24) is 10.2 Å². The first-order chi connectivity index (χ1) is 12.2. The van der Waals surface area contributed by atoms with Crippen molar-refractivity contribution in [3.8, 4) is 5.75 Å². The van der Waals surface area contributed by atoms with Gasteiger partial charge >= 0.3 is 6.03 Å². The minimum absolute atomic E-state index is 0.00906. The molecule has 0 saturated heterocycles. The van der Waals surface area contributed by atoms with Gasteiger partial charge in [0.05, 0.1) is 12.7 Å². The van der Waals surface area contributed by atoms with Gasteiger partial charge in [0.15, 0.2) is 0 Å². The number of nitrogens with one attached hydrogen (secondary N) is 1. The summed E-state index contributed by atoms with van der Waals surface area (Å²) in [4.78, 5) is 14.3. The lowest BCUT2D eigenvalue weighted by Crippen LogP contribution is -2.47. The lowest BCUT2D eigenvalue weighted by Gasteiger charge is -2.31. The maximum atomic E-state index is 12.5. The fourth-order valence-corrected chi connectivity index (χ4v) is 3.60. The Morgan fingerprint density at radius 2 is 2.04 bits per heavy atom. The monoisotopic (exact) mass is 344 g/mol. The van der Waals surface area contributed by atoms with E-state index in [2.05, 4.69) is 17.5 Å². The molecule has 1 aromatic carbocycles. The third kappa shape index (κ3) is 4.54. The smallest absolute Gasteiger partial charge is 0.317 e. The van der Waals surface area contributed by atoms with Gasteiger partial charge in [-0.25, -0.2) is 4.79 Å². The topological polar surface area (TPSA) is 61.8 Å². The van der Waals surface area contributed by atoms with Gasteiger partial charge in [-0.3, -0.25) is 0 Å². The van der Waals surface area contributed by atoms with Crippen LogP contribution in [0, 0.1) is 0 Å². The second-order valence-corrected chi connectivity index (χ2v) is 6.81. The van der Waals surface area contributed by atoms with Gasteiger partial charge in [-0.05, 0) is 50.7 Å². The van der Waals surface area contributed by atoms with Crippen LogP contribution in [0.4, 0.5) is 4.79 Å². The highest BCUT2D eigenvalue weighted by atomic mass is 16.5. The molecule has 25 heavy (non-hydrogen) atoms. The van der Waals surface area contributed by atoms with E-state index in [1.165, 1.54) is 5.57 Å². The Kier molecular flexibility index (Phi) is 5.97. The Morgan fingerprint density at radius 3 is 2.72 bits per heavy atom. The third-order valence-electron chi connectivity index (χ3n) is 5.05. The number of amides is 2. The molecular formula is C20H28N2O3. The molecule has 0 unspecified atom stereocenters. The summed E-state index contributed by atoms with van der Waals surface area (Å²) < 4.78 is 5.72. The van der Waals surface area contributed by atoms with Crippen LogP contribution in [-0.4, -0.2) is 47.9 Å². The van der Waals surface area contributed by atoms with Crippen molar-refractivity contribution in [1.29, 1.82) is 0 Å². The number of urea groups is 1. The lowest BCUT2D eigenvalue weighted by molar-refractivity contribution is 0.115. The fraction of sp³-hybridized carbons (Fsp3) is 0.550. The normalized spacial score (nSPS) is 23.8. The van der Waals surface area contributed by atoms with E-state index in [1.54, 1.807) is 0 Å². The standard InChI is InChI=1S/C20H28N2O3/c1-2-25-19-6-4-3-5-18(19)15-11-13-22(14-12-15)20(24)21-16-7-9-17(23)10-8-16/h3-6,11,16-17,23H,2,7-10,12-14H2,1H3,(H,21,24). The molecule has 1 heterocycles. The van der Waals surface area contributed by atoms with Gasteiger partial charge in [0, 0.05) is 24.7 Å². The number of nitrogens with zero attached hydrogens (tertiary/aromatic N) is 1. The van der Waals surface area contributed by atoms with Crippen LogP contribution in [0.2, 0.25) is 0 Å². The summed E-state index contributed by atoms with van der Waals surface area (Å²) in [6, 6.07) is 8.29. The van der Waals surface area contributed by atoms with Crippen LogP contribution in [0.15, 0.2) is 30.3 Å². The van der Waals surface area contributed by atoms with Crippen LogP contribution in [-0.2, 0) is 0 Å². The number of aliphatic hydroxyl groups is 1. The van der Waals surface area contributed by atoms with Gasteiger partial charge in [-0.1, -0.05) is 24.3 Å². The highest BCUT2D eigenvalue weighted by molar-refractivity contribution is 5.78. The van der Waals surface area contributed by atoms with Crippen molar-refractivity contribution in [3.63, 3.8) is 0 Å². The first-order valence-electron chi connectivity index (χ1n) is 9.32. The number of carbonyl (C=O) groups is 1. The summed E-state index contributed by atoms with van der Waals surface area (Å²) in [5.41, 5.74) is 2.37. The van der Waals surface area contributed by atoms with E-state index in [-0.39, 0.29) is 18.2 Å². The molecule has 136 valence electrons. The Bertz CT molecular complexity index is 621. The highest BCUT2D eigenvalue weighted by Crippen LogP contribution is 2.30. The number of ether oxygens (including phenoxy) is 1. The predicted octanol–water partition coefficient (Wildman–Crippen LogP) is 3.19. The Hall–Kier alpha value is -2.01. The number of hydrogen-bond acceptors (Lipinski definition) is 3. The Labute approximate surface area is 149 Å². The Morgan fingerprint density at radius 1 is 1.28 bits per heavy atom. The van der Waals surface area contributed by atoms with Crippen LogP contribution in [0.3, 0.4) is 0 Å². The SMILES string of the molecule is CCOc1ccccc1C1=CCN(C(=O)NC2CCC(O)CC2)CC1. The lowest BCUT2D eigenvalue weighted by atomic mass is 9.93. The van der Waals surface area contributed by atoms with Crippen molar-refractivity contribution in [2.45, 2.75) is 51.2 Å². The van der Waals surface area contributed by atoms with E-state index in [0.29, 0.717) is 19.7 Å². The summed E-state index contributed by atoms with van der Waals surface area (Å²) in [6.45, 7) is 3.97. The molecule has 3 rings (SSSR count). The van der Waals surface area contributed by atoms with E-state index in [0.717, 1.165) is 43.4 Å². The van der Waals surface area contributed by atoms with Gasteiger partial charge in [0.25, 0.3) is 0 Å². The van der Waals surface area contributed by atoms with Gasteiger partial charge in [0.1, 0.15) is 5.75 Å². The number of rotatable bonds is 4.